The van der Waals surface area contributed by atoms with E-state index in [4.69, 9.17) is 9.84 Å². The number of carbonyl (C=O) groups is 1. The maximum atomic E-state index is 12.4. The van der Waals surface area contributed by atoms with Gasteiger partial charge in [0.05, 0.1) is 12.6 Å². The number of methoxy groups -OCH3 is 1. The van der Waals surface area contributed by atoms with Crippen molar-refractivity contribution < 1.29 is 14.6 Å². The molecule has 128 valence electrons. The van der Waals surface area contributed by atoms with E-state index in [2.05, 4.69) is 10.6 Å². The molecule has 23 heavy (non-hydrogen) atoms. The van der Waals surface area contributed by atoms with E-state index in [-0.39, 0.29) is 24.2 Å². The third kappa shape index (κ3) is 4.61. The molecule has 0 spiro atoms. The number of rotatable bonds is 7. The van der Waals surface area contributed by atoms with Crippen LogP contribution in [0.15, 0.2) is 24.3 Å². The highest BCUT2D eigenvalue weighted by Gasteiger charge is 2.37. The molecule has 1 saturated carbocycles. The van der Waals surface area contributed by atoms with Gasteiger partial charge in [0.15, 0.2) is 0 Å². The van der Waals surface area contributed by atoms with Gasteiger partial charge in [-0.1, -0.05) is 25.0 Å². The summed E-state index contributed by atoms with van der Waals surface area (Å²) in [5.41, 5.74) is 0.849. The molecule has 0 heterocycles. The Morgan fingerprint density at radius 2 is 1.96 bits per heavy atom. The lowest BCUT2D eigenvalue weighted by atomic mass is 9.88. The van der Waals surface area contributed by atoms with Gasteiger partial charge in [0.1, 0.15) is 5.75 Å². The Kier molecular flexibility index (Phi) is 6.28. The van der Waals surface area contributed by atoms with Crippen LogP contribution in [0.25, 0.3) is 0 Å². The Morgan fingerprint density at radius 1 is 1.30 bits per heavy atom. The number of benzene rings is 1. The molecule has 1 atom stereocenters. The van der Waals surface area contributed by atoms with Gasteiger partial charge in [-0.2, -0.15) is 0 Å². The molecule has 0 saturated heterocycles. The van der Waals surface area contributed by atoms with Crippen molar-refractivity contribution in [2.45, 2.75) is 57.0 Å². The topological polar surface area (TPSA) is 70.6 Å². The summed E-state index contributed by atoms with van der Waals surface area (Å²) in [6, 6.07) is 7.89. The minimum atomic E-state index is -0.285. The molecule has 2 rings (SSSR count). The number of amides is 2. The molecule has 0 bridgehead atoms. The van der Waals surface area contributed by atoms with Crippen LogP contribution in [0.5, 0.6) is 5.75 Å². The summed E-state index contributed by atoms with van der Waals surface area (Å²) in [5.74, 6) is 0.823. The van der Waals surface area contributed by atoms with Gasteiger partial charge >= 0.3 is 6.03 Å². The Bertz CT molecular complexity index is 495. The van der Waals surface area contributed by atoms with E-state index < -0.39 is 0 Å². The van der Waals surface area contributed by atoms with Gasteiger partial charge in [0, 0.05) is 12.6 Å². The predicted molar refractivity (Wildman–Crippen MR) is 90.6 cm³/mol. The summed E-state index contributed by atoms with van der Waals surface area (Å²) in [6.45, 7) is 2.12. The third-order valence-electron chi connectivity index (χ3n) is 4.63. The molecule has 1 aliphatic carbocycles. The van der Waals surface area contributed by atoms with Crippen LogP contribution in [0.1, 0.15) is 51.0 Å². The summed E-state index contributed by atoms with van der Waals surface area (Å²) < 4.78 is 5.22. The monoisotopic (exact) mass is 320 g/mol. The third-order valence-corrected chi connectivity index (χ3v) is 4.63. The van der Waals surface area contributed by atoms with Gasteiger partial charge in [-0.25, -0.2) is 4.79 Å². The molecule has 5 nitrogen and oxygen atoms in total. The second-order valence-electron chi connectivity index (χ2n) is 6.38. The van der Waals surface area contributed by atoms with Crippen molar-refractivity contribution in [3.8, 4) is 5.75 Å². The van der Waals surface area contributed by atoms with Crippen LogP contribution < -0.4 is 15.4 Å². The molecule has 1 unspecified atom stereocenters. The first kappa shape index (κ1) is 17.6. The average molecular weight is 320 g/mol. The van der Waals surface area contributed by atoms with Gasteiger partial charge in [-0.05, 0) is 50.3 Å². The lowest BCUT2D eigenvalue weighted by molar-refractivity contribution is 0.219. The Balaban J connectivity index is 2.03. The molecular weight excluding hydrogens is 292 g/mol. The van der Waals surface area contributed by atoms with Crippen LogP contribution in [0.2, 0.25) is 0 Å². The molecule has 1 aliphatic rings. The van der Waals surface area contributed by atoms with E-state index in [0.717, 1.165) is 43.4 Å². The van der Waals surface area contributed by atoms with Crippen molar-refractivity contribution in [1.82, 2.24) is 10.6 Å². The van der Waals surface area contributed by atoms with E-state index in [1.165, 1.54) is 0 Å². The van der Waals surface area contributed by atoms with Gasteiger partial charge in [-0.3, -0.25) is 0 Å². The van der Waals surface area contributed by atoms with E-state index in [0.29, 0.717) is 6.42 Å². The fourth-order valence-electron chi connectivity index (χ4n) is 3.32. The molecule has 1 fully saturated rings. The lowest BCUT2D eigenvalue weighted by Crippen LogP contribution is -2.50. The number of urea groups is 1. The molecule has 0 aromatic heterocycles. The minimum Gasteiger partial charge on any atom is -0.497 e. The molecule has 3 N–H and O–H groups in total. The number of hydrogen-bond acceptors (Lipinski definition) is 3. The van der Waals surface area contributed by atoms with Crippen LogP contribution in [-0.2, 0) is 5.54 Å². The summed E-state index contributed by atoms with van der Waals surface area (Å²) in [5, 5.41) is 15.0. The highest BCUT2D eigenvalue weighted by Crippen LogP contribution is 2.39. The van der Waals surface area contributed by atoms with Crippen LogP contribution in [0.4, 0.5) is 4.79 Å². The van der Waals surface area contributed by atoms with Crippen molar-refractivity contribution in [2.75, 3.05) is 13.7 Å². The second kappa shape index (κ2) is 8.20. The van der Waals surface area contributed by atoms with Gasteiger partial charge in [0.2, 0.25) is 0 Å². The van der Waals surface area contributed by atoms with E-state index in [9.17, 15) is 4.79 Å². The number of nitrogens with one attached hydrogen (secondary N) is 2. The van der Waals surface area contributed by atoms with E-state index in [1.807, 2.05) is 31.2 Å². The van der Waals surface area contributed by atoms with Gasteiger partial charge in [-0.15, -0.1) is 0 Å². The number of carbonyl (C=O) groups excluding carboxylic acids is 1. The maximum Gasteiger partial charge on any atom is 0.315 e. The van der Waals surface area contributed by atoms with Crippen molar-refractivity contribution >= 4 is 6.03 Å². The van der Waals surface area contributed by atoms with E-state index in [1.54, 1.807) is 7.11 Å². The summed E-state index contributed by atoms with van der Waals surface area (Å²) in [6.07, 6.45) is 5.62. The minimum absolute atomic E-state index is 0.0523. The fourth-order valence-corrected chi connectivity index (χ4v) is 3.32. The summed E-state index contributed by atoms with van der Waals surface area (Å²) in [4.78, 5) is 12.4. The first-order valence-corrected chi connectivity index (χ1v) is 8.44. The SMILES string of the molecule is COc1ccc(C2(NC(=O)NC(C)CCCO)CCCC2)cc1. The number of aliphatic hydroxyl groups excluding tert-OH is 1. The highest BCUT2D eigenvalue weighted by atomic mass is 16.5. The molecule has 2 amide bonds. The average Bonchev–Trinajstić information content (AvgIpc) is 3.02. The molecule has 0 aliphatic heterocycles. The standard InChI is InChI=1S/C18H28N2O3/c1-14(6-5-13-21)19-17(22)20-18(11-3-4-12-18)15-7-9-16(23-2)10-8-15/h7-10,14,21H,3-6,11-13H2,1-2H3,(H2,19,20,22). The van der Waals surface area contributed by atoms with Gasteiger partial charge in [0.25, 0.3) is 0 Å². The van der Waals surface area contributed by atoms with Crippen molar-refractivity contribution in [3.05, 3.63) is 29.8 Å². The predicted octanol–water partition coefficient (Wildman–Crippen LogP) is 2.92. The summed E-state index contributed by atoms with van der Waals surface area (Å²) >= 11 is 0. The molecule has 1 aromatic carbocycles. The first-order valence-electron chi connectivity index (χ1n) is 8.44. The van der Waals surface area contributed by atoms with Crippen LogP contribution in [-0.4, -0.2) is 30.9 Å². The smallest absolute Gasteiger partial charge is 0.315 e. The quantitative estimate of drug-likeness (QED) is 0.723. The Hall–Kier alpha value is -1.75. The molecule has 0 radical (unpaired) electrons. The first-order chi connectivity index (χ1) is 11.1. The molecule has 5 heteroatoms. The lowest BCUT2D eigenvalue weighted by Gasteiger charge is -2.32. The zero-order chi connectivity index (χ0) is 16.7. The van der Waals surface area contributed by atoms with Crippen molar-refractivity contribution in [3.63, 3.8) is 0 Å². The normalized spacial score (nSPS) is 17.5. The van der Waals surface area contributed by atoms with E-state index >= 15 is 0 Å². The Labute approximate surface area is 138 Å². The molecular formula is C18H28N2O3. The van der Waals surface area contributed by atoms with Crippen LogP contribution >= 0.6 is 0 Å². The summed E-state index contributed by atoms with van der Waals surface area (Å²) in [7, 11) is 1.65. The zero-order valence-corrected chi connectivity index (χ0v) is 14.1. The molecule has 1 aromatic rings. The van der Waals surface area contributed by atoms with Gasteiger partial charge < -0.3 is 20.5 Å². The highest BCUT2D eigenvalue weighted by molar-refractivity contribution is 5.75. The Morgan fingerprint density at radius 3 is 2.52 bits per heavy atom. The largest absolute Gasteiger partial charge is 0.497 e. The number of ether oxygens (including phenoxy) is 1. The van der Waals surface area contributed by atoms with Crippen molar-refractivity contribution in [1.29, 1.82) is 0 Å². The fraction of sp³-hybridized carbons (Fsp3) is 0.611. The van der Waals surface area contributed by atoms with Crippen LogP contribution in [0, 0.1) is 0 Å². The number of aliphatic hydroxyl groups is 1. The van der Waals surface area contributed by atoms with Crippen LogP contribution in [0.3, 0.4) is 0 Å². The van der Waals surface area contributed by atoms with Crippen molar-refractivity contribution in [2.24, 2.45) is 0 Å². The zero-order valence-electron chi connectivity index (χ0n) is 14.1. The maximum absolute atomic E-state index is 12.4. The second-order valence-corrected chi connectivity index (χ2v) is 6.38. The number of hydrogen-bond donors (Lipinski definition) is 3.